The number of urea groups is 1. The van der Waals surface area contributed by atoms with E-state index in [1.807, 2.05) is 24.3 Å². The highest BCUT2D eigenvalue weighted by atomic mass is 32.1. The van der Waals surface area contributed by atoms with Crippen molar-refractivity contribution in [2.45, 2.75) is 6.54 Å². The highest BCUT2D eigenvalue weighted by Crippen LogP contribution is 2.20. The van der Waals surface area contributed by atoms with Gasteiger partial charge in [0.15, 0.2) is 0 Å². The Morgan fingerprint density at radius 3 is 2.74 bits per heavy atom. The summed E-state index contributed by atoms with van der Waals surface area (Å²) in [7, 11) is 0. The predicted molar refractivity (Wildman–Crippen MR) is 78.8 cm³/mol. The van der Waals surface area contributed by atoms with Crippen molar-refractivity contribution < 1.29 is 4.79 Å². The molecule has 5 heteroatoms. The first kappa shape index (κ1) is 12.0. The number of benzene rings is 1. The molecule has 0 atom stereocenters. The van der Waals surface area contributed by atoms with Crippen molar-refractivity contribution in [1.29, 1.82) is 0 Å². The minimum Gasteiger partial charge on any atom is -0.380 e. The normalized spacial score (nSPS) is 14.5. The Labute approximate surface area is 116 Å². The summed E-state index contributed by atoms with van der Waals surface area (Å²) in [5.41, 5.74) is 2.01. The van der Waals surface area contributed by atoms with E-state index in [1.54, 1.807) is 16.2 Å². The van der Waals surface area contributed by atoms with Crippen LogP contribution >= 0.6 is 11.3 Å². The summed E-state index contributed by atoms with van der Waals surface area (Å²) in [5.74, 6) is 0. The molecule has 0 unspecified atom stereocenters. The first-order chi connectivity index (χ1) is 9.33. The van der Waals surface area contributed by atoms with Gasteiger partial charge in [-0.1, -0.05) is 6.07 Å². The maximum Gasteiger partial charge on any atom is 0.321 e. The summed E-state index contributed by atoms with van der Waals surface area (Å²) in [6.45, 7) is 2.29. The maximum absolute atomic E-state index is 11.5. The van der Waals surface area contributed by atoms with Gasteiger partial charge in [-0.25, -0.2) is 4.79 Å². The highest BCUT2D eigenvalue weighted by Gasteiger charge is 2.20. The number of anilines is 2. The molecule has 0 bridgehead atoms. The van der Waals surface area contributed by atoms with Crippen molar-refractivity contribution in [3.63, 3.8) is 0 Å². The van der Waals surface area contributed by atoms with E-state index in [0.717, 1.165) is 31.0 Å². The molecule has 98 valence electrons. The smallest absolute Gasteiger partial charge is 0.321 e. The van der Waals surface area contributed by atoms with E-state index >= 15 is 0 Å². The highest BCUT2D eigenvalue weighted by molar-refractivity contribution is 7.09. The lowest BCUT2D eigenvalue weighted by Gasteiger charge is -2.14. The monoisotopic (exact) mass is 273 g/mol. The Balaban J connectivity index is 1.64. The number of nitrogens with one attached hydrogen (secondary N) is 2. The van der Waals surface area contributed by atoms with E-state index in [9.17, 15) is 4.79 Å². The van der Waals surface area contributed by atoms with Gasteiger partial charge in [0.2, 0.25) is 0 Å². The van der Waals surface area contributed by atoms with Crippen molar-refractivity contribution in [2.75, 3.05) is 23.3 Å². The average molecular weight is 273 g/mol. The van der Waals surface area contributed by atoms with Gasteiger partial charge in [0, 0.05) is 35.9 Å². The van der Waals surface area contributed by atoms with Crippen molar-refractivity contribution in [1.82, 2.24) is 5.32 Å². The zero-order chi connectivity index (χ0) is 13.1. The Kier molecular flexibility index (Phi) is 3.37. The van der Waals surface area contributed by atoms with Crippen LogP contribution in [0.25, 0.3) is 0 Å². The minimum atomic E-state index is -0.0145. The number of hydrogen-bond donors (Lipinski definition) is 2. The second-order valence-electron chi connectivity index (χ2n) is 4.36. The van der Waals surface area contributed by atoms with Crippen LogP contribution in [-0.4, -0.2) is 19.1 Å². The summed E-state index contributed by atoms with van der Waals surface area (Å²) in [5, 5.41) is 8.24. The van der Waals surface area contributed by atoms with Crippen molar-refractivity contribution in [3.8, 4) is 0 Å². The standard InChI is InChI=1S/C14H15N3OS/c18-14-15-7-8-17(14)12-5-3-11(4-6-12)16-10-13-2-1-9-19-13/h1-6,9,16H,7-8,10H2,(H,15,18). The molecule has 1 aromatic carbocycles. The molecule has 2 N–H and O–H groups in total. The fourth-order valence-electron chi connectivity index (χ4n) is 2.08. The van der Waals surface area contributed by atoms with Gasteiger partial charge in [-0.15, -0.1) is 11.3 Å². The van der Waals surface area contributed by atoms with Gasteiger partial charge in [-0.2, -0.15) is 0 Å². The zero-order valence-corrected chi connectivity index (χ0v) is 11.2. The number of carbonyl (C=O) groups is 1. The van der Waals surface area contributed by atoms with Crippen molar-refractivity contribution in [3.05, 3.63) is 46.7 Å². The van der Waals surface area contributed by atoms with Crippen molar-refractivity contribution in [2.24, 2.45) is 0 Å². The molecule has 1 fully saturated rings. The largest absolute Gasteiger partial charge is 0.380 e. The number of thiophene rings is 1. The molecule has 0 radical (unpaired) electrons. The molecule has 0 saturated carbocycles. The first-order valence-corrected chi connectivity index (χ1v) is 7.12. The molecule has 19 heavy (non-hydrogen) atoms. The predicted octanol–water partition coefficient (Wildman–Crippen LogP) is 2.89. The Bertz CT molecular complexity index is 551. The Morgan fingerprint density at radius 1 is 1.26 bits per heavy atom. The lowest BCUT2D eigenvalue weighted by molar-refractivity contribution is 0.252. The van der Waals surface area contributed by atoms with Crippen LogP contribution in [0.4, 0.5) is 16.2 Å². The van der Waals surface area contributed by atoms with Crippen LogP contribution in [-0.2, 0) is 6.54 Å². The summed E-state index contributed by atoms with van der Waals surface area (Å²) in [6.07, 6.45) is 0. The molecule has 4 nitrogen and oxygen atoms in total. The van der Waals surface area contributed by atoms with Crippen LogP contribution in [0, 0.1) is 0 Å². The van der Waals surface area contributed by atoms with Gasteiger partial charge < -0.3 is 10.6 Å². The first-order valence-electron chi connectivity index (χ1n) is 6.24. The number of hydrogen-bond acceptors (Lipinski definition) is 3. The molecular weight excluding hydrogens is 258 g/mol. The second kappa shape index (κ2) is 5.32. The Morgan fingerprint density at radius 2 is 2.11 bits per heavy atom. The topological polar surface area (TPSA) is 44.4 Å². The summed E-state index contributed by atoms with van der Waals surface area (Å²) >= 11 is 1.74. The summed E-state index contributed by atoms with van der Waals surface area (Å²) in [4.78, 5) is 14.6. The number of amides is 2. The second-order valence-corrected chi connectivity index (χ2v) is 5.40. The molecule has 1 saturated heterocycles. The quantitative estimate of drug-likeness (QED) is 0.899. The molecule has 2 amide bonds. The van der Waals surface area contributed by atoms with Crippen LogP contribution in [0.15, 0.2) is 41.8 Å². The Hall–Kier alpha value is -2.01. The van der Waals surface area contributed by atoms with E-state index in [2.05, 4.69) is 28.1 Å². The summed E-state index contributed by atoms with van der Waals surface area (Å²) < 4.78 is 0. The molecule has 1 aromatic heterocycles. The molecule has 2 aromatic rings. The summed E-state index contributed by atoms with van der Waals surface area (Å²) in [6, 6.07) is 12.1. The number of nitrogens with zero attached hydrogens (tertiary/aromatic N) is 1. The third kappa shape index (κ3) is 2.71. The minimum absolute atomic E-state index is 0.0145. The van der Waals surface area contributed by atoms with Gasteiger partial charge in [-0.05, 0) is 35.7 Å². The molecule has 1 aliphatic heterocycles. The van der Waals surface area contributed by atoms with Crippen LogP contribution in [0.3, 0.4) is 0 Å². The van der Waals surface area contributed by atoms with Gasteiger partial charge in [0.05, 0.1) is 0 Å². The number of carbonyl (C=O) groups excluding carboxylic acids is 1. The van der Waals surface area contributed by atoms with Gasteiger partial charge in [0.1, 0.15) is 0 Å². The van der Waals surface area contributed by atoms with Crippen LogP contribution < -0.4 is 15.5 Å². The fraction of sp³-hybridized carbons (Fsp3) is 0.214. The molecule has 3 rings (SSSR count). The lowest BCUT2D eigenvalue weighted by Crippen LogP contribution is -2.27. The van der Waals surface area contributed by atoms with Gasteiger partial charge >= 0.3 is 6.03 Å². The third-order valence-corrected chi connectivity index (χ3v) is 3.96. The lowest BCUT2D eigenvalue weighted by atomic mass is 10.2. The van der Waals surface area contributed by atoms with E-state index in [0.29, 0.717) is 0 Å². The molecule has 0 spiro atoms. The van der Waals surface area contributed by atoms with E-state index in [4.69, 9.17) is 0 Å². The molecule has 1 aliphatic rings. The average Bonchev–Trinajstić information content (AvgIpc) is 3.08. The van der Waals surface area contributed by atoms with Crippen LogP contribution in [0.5, 0.6) is 0 Å². The van der Waals surface area contributed by atoms with Gasteiger partial charge in [0.25, 0.3) is 0 Å². The van der Waals surface area contributed by atoms with Crippen LogP contribution in [0.1, 0.15) is 4.88 Å². The molecule has 0 aliphatic carbocycles. The fourth-order valence-corrected chi connectivity index (χ4v) is 2.72. The van der Waals surface area contributed by atoms with Crippen molar-refractivity contribution >= 4 is 28.7 Å². The van der Waals surface area contributed by atoms with Crippen LogP contribution in [0.2, 0.25) is 0 Å². The SMILES string of the molecule is O=C1NCCN1c1ccc(NCc2cccs2)cc1. The molecule has 2 heterocycles. The van der Waals surface area contributed by atoms with Gasteiger partial charge in [-0.3, -0.25) is 4.90 Å². The zero-order valence-electron chi connectivity index (χ0n) is 10.4. The van der Waals surface area contributed by atoms with E-state index < -0.39 is 0 Å². The number of rotatable bonds is 4. The molecular formula is C14H15N3OS. The van der Waals surface area contributed by atoms with E-state index in [-0.39, 0.29) is 6.03 Å². The third-order valence-electron chi connectivity index (χ3n) is 3.08. The van der Waals surface area contributed by atoms with E-state index in [1.165, 1.54) is 4.88 Å². The maximum atomic E-state index is 11.5.